The normalized spacial score (nSPS) is 11.6. The van der Waals surface area contributed by atoms with E-state index in [0.29, 0.717) is 5.75 Å². The summed E-state index contributed by atoms with van der Waals surface area (Å²) < 4.78 is 5.76. The highest BCUT2D eigenvalue weighted by Crippen LogP contribution is 2.29. The molecule has 2 rings (SSSR count). The van der Waals surface area contributed by atoms with Crippen LogP contribution in [0.25, 0.3) is 11.1 Å². The molecule has 0 saturated carbocycles. The van der Waals surface area contributed by atoms with E-state index in [0.717, 1.165) is 11.1 Å². The van der Waals surface area contributed by atoms with Crippen molar-refractivity contribution in [2.45, 2.75) is 19.4 Å². The van der Waals surface area contributed by atoms with E-state index < -0.39 is 12.0 Å². The smallest absolute Gasteiger partial charge is 0.326 e. The van der Waals surface area contributed by atoms with Gasteiger partial charge in [-0.05, 0) is 18.6 Å². The second kappa shape index (κ2) is 8.15. The molecule has 0 fully saturated rings. The summed E-state index contributed by atoms with van der Waals surface area (Å²) in [5.41, 5.74) is 1.99. The standard InChI is InChI=1S/C19H21NO4/c1-14(19(22)23)20(2)18(21)12-13-24-17-11-7-6-10-16(17)15-8-4-3-5-9-15/h3-11,14H,12-13H2,1-2H3,(H,22,23). The van der Waals surface area contributed by atoms with E-state index >= 15 is 0 Å². The number of hydrogen-bond donors (Lipinski definition) is 1. The Hall–Kier alpha value is -2.82. The highest BCUT2D eigenvalue weighted by molar-refractivity contribution is 5.83. The van der Waals surface area contributed by atoms with Crippen molar-refractivity contribution >= 4 is 11.9 Å². The van der Waals surface area contributed by atoms with Crippen LogP contribution in [0.5, 0.6) is 5.75 Å². The topological polar surface area (TPSA) is 66.8 Å². The first kappa shape index (κ1) is 17.5. The van der Waals surface area contributed by atoms with Crippen LogP contribution in [0.2, 0.25) is 0 Å². The molecule has 0 aliphatic heterocycles. The number of ether oxygens (including phenoxy) is 1. The van der Waals surface area contributed by atoms with Crippen LogP contribution >= 0.6 is 0 Å². The van der Waals surface area contributed by atoms with Gasteiger partial charge in [0.15, 0.2) is 0 Å². The van der Waals surface area contributed by atoms with Crippen LogP contribution in [0.1, 0.15) is 13.3 Å². The summed E-state index contributed by atoms with van der Waals surface area (Å²) in [4.78, 5) is 24.2. The zero-order valence-corrected chi connectivity index (χ0v) is 13.8. The van der Waals surface area contributed by atoms with Crippen LogP contribution in [-0.4, -0.2) is 41.6 Å². The van der Waals surface area contributed by atoms with Gasteiger partial charge in [0, 0.05) is 12.6 Å². The zero-order valence-electron chi connectivity index (χ0n) is 13.8. The van der Waals surface area contributed by atoms with Crippen molar-refractivity contribution in [2.24, 2.45) is 0 Å². The van der Waals surface area contributed by atoms with Gasteiger partial charge in [0.25, 0.3) is 0 Å². The molecule has 0 aromatic heterocycles. The van der Waals surface area contributed by atoms with E-state index in [-0.39, 0.29) is 18.9 Å². The Morgan fingerprint density at radius 3 is 2.38 bits per heavy atom. The SMILES string of the molecule is CC(C(=O)O)N(C)C(=O)CCOc1ccccc1-c1ccccc1. The number of carbonyl (C=O) groups is 2. The maximum atomic E-state index is 12.0. The molecule has 1 amide bonds. The third kappa shape index (κ3) is 4.35. The second-order valence-corrected chi connectivity index (χ2v) is 5.48. The highest BCUT2D eigenvalue weighted by atomic mass is 16.5. The molecule has 2 aromatic rings. The number of benzene rings is 2. The first-order chi connectivity index (χ1) is 11.5. The van der Waals surface area contributed by atoms with Gasteiger partial charge in [-0.15, -0.1) is 0 Å². The van der Waals surface area contributed by atoms with Gasteiger partial charge in [-0.3, -0.25) is 4.79 Å². The van der Waals surface area contributed by atoms with Crippen LogP contribution in [0.4, 0.5) is 0 Å². The molecule has 0 aliphatic carbocycles. The minimum Gasteiger partial charge on any atom is -0.492 e. The predicted molar refractivity (Wildman–Crippen MR) is 91.9 cm³/mol. The first-order valence-electron chi connectivity index (χ1n) is 7.76. The molecule has 5 heteroatoms. The van der Waals surface area contributed by atoms with Gasteiger partial charge in [0.1, 0.15) is 11.8 Å². The number of hydrogen-bond acceptors (Lipinski definition) is 3. The fourth-order valence-electron chi connectivity index (χ4n) is 2.26. The average Bonchev–Trinajstić information content (AvgIpc) is 2.61. The van der Waals surface area contributed by atoms with Crippen molar-refractivity contribution in [2.75, 3.05) is 13.7 Å². The molecule has 1 unspecified atom stereocenters. The maximum absolute atomic E-state index is 12.0. The Morgan fingerprint density at radius 1 is 1.08 bits per heavy atom. The number of rotatable bonds is 7. The van der Waals surface area contributed by atoms with Crippen molar-refractivity contribution in [3.8, 4) is 16.9 Å². The summed E-state index contributed by atoms with van der Waals surface area (Å²) in [5, 5.41) is 8.94. The van der Waals surface area contributed by atoms with E-state index in [4.69, 9.17) is 9.84 Å². The monoisotopic (exact) mass is 327 g/mol. The van der Waals surface area contributed by atoms with Crippen LogP contribution in [-0.2, 0) is 9.59 Å². The Kier molecular flexibility index (Phi) is 5.95. The molecule has 0 radical (unpaired) electrons. The van der Waals surface area contributed by atoms with Crippen LogP contribution in [0, 0.1) is 0 Å². The van der Waals surface area contributed by atoms with Gasteiger partial charge in [-0.25, -0.2) is 4.79 Å². The van der Waals surface area contributed by atoms with Crippen LogP contribution in [0.15, 0.2) is 54.6 Å². The molecule has 0 spiro atoms. The molecule has 1 N–H and O–H groups in total. The van der Waals surface area contributed by atoms with Crippen molar-refractivity contribution in [3.63, 3.8) is 0 Å². The summed E-state index contributed by atoms with van der Waals surface area (Å²) in [5.74, 6) is -0.589. The maximum Gasteiger partial charge on any atom is 0.326 e. The number of likely N-dealkylation sites (N-methyl/N-ethyl adjacent to an activating group) is 1. The van der Waals surface area contributed by atoms with Gasteiger partial charge < -0.3 is 14.7 Å². The number of carboxylic acid groups (broad SMARTS) is 1. The van der Waals surface area contributed by atoms with Crippen LogP contribution in [0.3, 0.4) is 0 Å². The van der Waals surface area contributed by atoms with Gasteiger partial charge in [0.05, 0.1) is 13.0 Å². The molecule has 1 atom stereocenters. The lowest BCUT2D eigenvalue weighted by molar-refractivity contribution is -0.148. The largest absolute Gasteiger partial charge is 0.492 e. The van der Waals surface area contributed by atoms with Gasteiger partial charge in [-0.1, -0.05) is 48.5 Å². The highest BCUT2D eigenvalue weighted by Gasteiger charge is 2.21. The fraction of sp³-hybridized carbons (Fsp3) is 0.263. The Labute approximate surface area is 141 Å². The Balaban J connectivity index is 1.98. The molecule has 126 valence electrons. The van der Waals surface area contributed by atoms with E-state index in [1.807, 2.05) is 54.6 Å². The Morgan fingerprint density at radius 2 is 1.71 bits per heavy atom. The number of amides is 1. The van der Waals surface area contributed by atoms with E-state index in [1.165, 1.54) is 18.9 Å². The molecule has 0 aliphatic rings. The summed E-state index contributed by atoms with van der Waals surface area (Å²) in [6, 6.07) is 16.6. The molecule has 0 heterocycles. The summed E-state index contributed by atoms with van der Waals surface area (Å²) in [7, 11) is 1.49. The van der Waals surface area contributed by atoms with Gasteiger partial charge in [-0.2, -0.15) is 0 Å². The molecule has 0 saturated heterocycles. The predicted octanol–water partition coefficient (Wildman–Crippen LogP) is 3.05. The third-order valence-corrected chi connectivity index (χ3v) is 3.88. The van der Waals surface area contributed by atoms with Crippen molar-refractivity contribution < 1.29 is 19.4 Å². The van der Waals surface area contributed by atoms with Crippen molar-refractivity contribution in [1.82, 2.24) is 4.90 Å². The number of para-hydroxylation sites is 1. The molecular formula is C19H21NO4. The lowest BCUT2D eigenvalue weighted by Gasteiger charge is -2.21. The van der Waals surface area contributed by atoms with E-state index in [9.17, 15) is 9.59 Å². The molecule has 2 aromatic carbocycles. The third-order valence-electron chi connectivity index (χ3n) is 3.88. The van der Waals surface area contributed by atoms with E-state index in [2.05, 4.69) is 0 Å². The van der Waals surface area contributed by atoms with Crippen LogP contribution < -0.4 is 4.74 Å². The zero-order chi connectivity index (χ0) is 17.5. The molecule has 0 bridgehead atoms. The first-order valence-corrected chi connectivity index (χ1v) is 7.76. The van der Waals surface area contributed by atoms with Gasteiger partial charge >= 0.3 is 5.97 Å². The van der Waals surface area contributed by atoms with Crippen molar-refractivity contribution in [3.05, 3.63) is 54.6 Å². The van der Waals surface area contributed by atoms with E-state index in [1.54, 1.807) is 0 Å². The molecular weight excluding hydrogens is 306 g/mol. The minimum absolute atomic E-state index is 0.122. The van der Waals surface area contributed by atoms with Gasteiger partial charge in [0.2, 0.25) is 5.91 Å². The number of carboxylic acids is 1. The summed E-state index contributed by atoms with van der Waals surface area (Å²) in [6.07, 6.45) is 0.122. The molecule has 24 heavy (non-hydrogen) atoms. The average molecular weight is 327 g/mol. The summed E-state index contributed by atoms with van der Waals surface area (Å²) in [6.45, 7) is 1.67. The van der Waals surface area contributed by atoms with Crippen molar-refractivity contribution in [1.29, 1.82) is 0 Å². The lowest BCUT2D eigenvalue weighted by Crippen LogP contribution is -2.40. The number of nitrogens with zero attached hydrogens (tertiary/aromatic N) is 1. The molecule has 5 nitrogen and oxygen atoms in total. The lowest BCUT2D eigenvalue weighted by atomic mass is 10.1. The minimum atomic E-state index is -1.03. The Bertz CT molecular complexity index is 700. The summed E-state index contributed by atoms with van der Waals surface area (Å²) >= 11 is 0. The quantitative estimate of drug-likeness (QED) is 0.849. The number of carbonyl (C=O) groups excluding carboxylic acids is 1. The fourth-order valence-corrected chi connectivity index (χ4v) is 2.26. The second-order valence-electron chi connectivity index (χ2n) is 5.48. The number of aliphatic carboxylic acids is 1.